The maximum atomic E-state index is 6.23. The van der Waals surface area contributed by atoms with Gasteiger partial charge in [0.2, 0.25) is 0 Å². The van der Waals surface area contributed by atoms with E-state index in [0.717, 1.165) is 31.2 Å². The molecule has 104 valence electrons. The largest absolute Gasteiger partial charge is 0.488 e. The number of fused-ring (bicyclic) bond motifs is 1. The monoisotopic (exact) mass is 279 g/mol. The topological polar surface area (TPSA) is 21.3 Å². The van der Waals surface area contributed by atoms with E-state index in [1.54, 1.807) is 0 Å². The summed E-state index contributed by atoms with van der Waals surface area (Å²) in [6.45, 7) is 2.03. The molecule has 2 nitrogen and oxygen atoms in total. The number of halogens is 1. The smallest absolute Gasteiger partial charge is 0.123 e. The predicted octanol–water partition coefficient (Wildman–Crippen LogP) is 3.38. The summed E-state index contributed by atoms with van der Waals surface area (Å²) in [7, 11) is 0. The van der Waals surface area contributed by atoms with Gasteiger partial charge in [-0.1, -0.05) is 24.6 Å². The van der Waals surface area contributed by atoms with Crippen LogP contribution >= 0.6 is 11.6 Å². The number of hydrogen-bond acceptors (Lipinski definition) is 2. The summed E-state index contributed by atoms with van der Waals surface area (Å²) in [5.74, 6) is 1.81. The van der Waals surface area contributed by atoms with E-state index in [9.17, 15) is 0 Å². The normalized spacial score (nSPS) is 29.8. The molecule has 3 unspecified atom stereocenters. The standard InChI is InChI=1S/C16H22ClNO/c17-14-6-3-4-12(8-14)10-18-11-15-9-13-5-1-2-7-16(13)19-15/h1-2,5,7,12,14-15,18H,3-4,6,8-11H2. The van der Waals surface area contributed by atoms with Crippen LogP contribution in [0.1, 0.15) is 31.2 Å². The third-order valence-corrected chi connectivity index (χ3v) is 4.63. The molecule has 3 heteroatoms. The number of benzene rings is 1. The Bertz CT molecular complexity index is 398. The van der Waals surface area contributed by atoms with Crippen molar-refractivity contribution in [1.29, 1.82) is 0 Å². The molecule has 19 heavy (non-hydrogen) atoms. The summed E-state index contributed by atoms with van der Waals surface area (Å²) in [6, 6.07) is 8.35. The van der Waals surface area contributed by atoms with Gasteiger partial charge in [0.1, 0.15) is 11.9 Å². The van der Waals surface area contributed by atoms with Crippen LogP contribution in [-0.4, -0.2) is 24.6 Å². The molecular formula is C16H22ClNO. The molecular weight excluding hydrogens is 258 g/mol. The number of hydrogen-bond donors (Lipinski definition) is 1. The van der Waals surface area contributed by atoms with Crippen molar-refractivity contribution < 1.29 is 4.74 Å². The van der Waals surface area contributed by atoms with Crippen LogP contribution in [0.2, 0.25) is 0 Å². The Morgan fingerprint density at radius 3 is 2.95 bits per heavy atom. The second-order valence-electron chi connectivity index (χ2n) is 5.84. The van der Waals surface area contributed by atoms with Crippen molar-refractivity contribution in [3.63, 3.8) is 0 Å². The number of nitrogens with one attached hydrogen (secondary N) is 1. The molecule has 1 aliphatic heterocycles. The lowest BCUT2D eigenvalue weighted by atomic mass is 9.89. The first kappa shape index (κ1) is 13.3. The predicted molar refractivity (Wildman–Crippen MR) is 79.0 cm³/mol. The molecule has 1 fully saturated rings. The van der Waals surface area contributed by atoms with Gasteiger partial charge in [0.25, 0.3) is 0 Å². The Kier molecular flexibility index (Phi) is 4.29. The highest BCUT2D eigenvalue weighted by molar-refractivity contribution is 6.20. The molecule has 0 radical (unpaired) electrons. The van der Waals surface area contributed by atoms with Crippen LogP contribution in [-0.2, 0) is 6.42 Å². The van der Waals surface area contributed by atoms with Gasteiger partial charge in [-0.3, -0.25) is 0 Å². The Hall–Kier alpha value is -0.730. The first-order valence-electron chi connectivity index (χ1n) is 7.40. The third-order valence-electron chi connectivity index (χ3n) is 4.24. The molecule has 3 rings (SSSR count). The highest BCUT2D eigenvalue weighted by Crippen LogP contribution is 2.29. The first-order valence-corrected chi connectivity index (χ1v) is 7.84. The molecule has 0 bridgehead atoms. The third kappa shape index (κ3) is 3.43. The van der Waals surface area contributed by atoms with E-state index < -0.39 is 0 Å². The second kappa shape index (κ2) is 6.15. The van der Waals surface area contributed by atoms with E-state index in [1.165, 1.54) is 31.2 Å². The number of alkyl halides is 1. The van der Waals surface area contributed by atoms with Crippen LogP contribution in [0, 0.1) is 5.92 Å². The van der Waals surface area contributed by atoms with Crippen LogP contribution in [0.3, 0.4) is 0 Å². The van der Waals surface area contributed by atoms with E-state index in [2.05, 4.69) is 23.5 Å². The number of ether oxygens (including phenoxy) is 1. The molecule has 0 amide bonds. The lowest BCUT2D eigenvalue weighted by Crippen LogP contribution is -2.34. The van der Waals surface area contributed by atoms with Crippen LogP contribution in [0.25, 0.3) is 0 Å². The van der Waals surface area contributed by atoms with E-state index in [-0.39, 0.29) is 0 Å². The van der Waals surface area contributed by atoms with Crippen molar-refractivity contribution in [3.8, 4) is 5.75 Å². The van der Waals surface area contributed by atoms with Gasteiger partial charge in [0.15, 0.2) is 0 Å². The van der Waals surface area contributed by atoms with Crippen molar-refractivity contribution in [2.45, 2.75) is 43.6 Å². The first-order chi connectivity index (χ1) is 9.31. The summed E-state index contributed by atoms with van der Waals surface area (Å²) < 4.78 is 5.93. The fraction of sp³-hybridized carbons (Fsp3) is 0.625. The van der Waals surface area contributed by atoms with Crippen molar-refractivity contribution in [2.75, 3.05) is 13.1 Å². The molecule has 1 aromatic rings. The molecule has 0 aromatic heterocycles. The zero-order valence-electron chi connectivity index (χ0n) is 11.3. The Labute approximate surface area is 120 Å². The summed E-state index contributed by atoms with van der Waals surface area (Å²) >= 11 is 6.23. The molecule has 1 aliphatic carbocycles. The minimum Gasteiger partial charge on any atom is -0.488 e. The quantitative estimate of drug-likeness (QED) is 0.853. The van der Waals surface area contributed by atoms with E-state index in [1.807, 2.05) is 6.07 Å². The molecule has 0 saturated heterocycles. The van der Waals surface area contributed by atoms with E-state index >= 15 is 0 Å². The van der Waals surface area contributed by atoms with Gasteiger partial charge >= 0.3 is 0 Å². The number of rotatable bonds is 4. The van der Waals surface area contributed by atoms with Gasteiger partial charge in [-0.05, 0) is 43.4 Å². The minimum atomic E-state index is 0.299. The van der Waals surface area contributed by atoms with Crippen LogP contribution in [0.4, 0.5) is 0 Å². The van der Waals surface area contributed by atoms with Crippen LogP contribution in [0.5, 0.6) is 5.75 Å². The zero-order chi connectivity index (χ0) is 13.1. The van der Waals surface area contributed by atoms with Gasteiger partial charge in [0, 0.05) is 18.3 Å². The molecule has 2 aliphatic rings. The van der Waals surface area contributed by atoms with Gasteiger partial charge in [-0.25, -0.2) is 0 Å². The molecule has 1 saturated carbocycles. The van der Waals surface area contributed by atoms with Gasteiger partial charge < -0.3 is 10.1 Å². The SMILES string of the molecule is ClC1CCCC(CNCC2Cc3ccccc3O2)C1. The molecule has 1 N–H and O–H groups in total. The Morgan fingerprint density at radius 2 is 2.11 bits per heavy atom. The lowest BCUT2D eigenvalue weighted by Gasteiger charge is -2.26. The van der Waals surface area contributed by atoms with Crippen LogP contribution in [0.15, 0.2) is 24.3 Å². The highest BCUT2D eigenvalue weighted by Gasteiger charge is 2.23. The van der Waals surface area contributed by atoms with Crippen molar-refractivity contribution >= 4 is 11.6 Å². The Morgan fingerprint density at radius 1 is 1.21 bits per heavy atom. The average Bonchev–Trinajstić information content (AvgIpc) is 2.81. The minimum absolute atomic E-state index is 0.299. The summed E-state index contributed by atoms with van der Waals surface area (Å²) in [5.41, 5.74) is 1.34. The number of para-hydroxylation sites is 1. The lowest BCUT2D eigenvalue weighted by molar-refractivity contribution is 0.221. The van der Waals surface area contributed by atoms with E-state index in [0.29, 0.717) is 11.5 Å². The fourth-order valence-electron chi connectivity index (χ4n) is 3.23. The second-order valence-corrected chi connectivity index (χ2v) is 6.46. The molecule has 1 aromatic carbocycles. The summed E-state index contributed by atoms with van der Waals surface area (Å²) in [4.78, 5) is 0. The van der Waals surface area contributed by atoms with Gasteiger partial charge in [-0.15, -0.1) is 11.6 Å². The van der Waals surface area contributed by atoms with Crippen molar-refractivity contribution in [3.05, 3.63) is 29.8 Å². The van der Waals surface area contributed by atoms with Crippen molar-refractivity contribution in [1.82, 2.24) is 5.32 Å². The van der Waals surface area contributed by atoms with E-state index in [4.69, 9.17) is 16.3 Å². The maximum absolute atomic E-state index is 6.23. The molecule has 3 atom stereocenters. The van der Waals surface area contributed by atoms with Gasteiger partial charge in [-0.2, -0.15) is 0 Å². The zero-order valence-corrected chi connectivity index (χ0v) is 12.0. The van der Waals surface area contributed by atoms with Gasteiger partial charge in [0.05, 0.1) is 0 Å². The highest BCUT2D eigenvalue weighted by atomic mass is 35.5. The molecule has 0 spiro atoms. The summed E-state index contributed by atoms with van der Waals surface area (Å²) in [5, 5.41) is 3.96. The summed E-state index contributed by atoms with van der Waals surface area (Å²) in [6.07, 6.45) is 6.30. The van der Waals surface area contributed by atoms with Crippen molar-refractivity contribution in [2.24, 2.45) is 5.92 Å². The maximum Gasteiger partial charge on any atom is 0.123 e. The molecule has 1 heterocycles. The van der Waals surface area contributed by atoms with Crippen LogP contribution < -0.4 is 10.1 Å². The average molecular weight is 280 g/mol. The fourth-order valence-corrected chi connectivity index (χ4v) is 3.63. The Balaban J connectivity index is 1.40.